The number of anilines is 1. The SMILES string of the molecule is Cc1cc(Oc2ncc(C#N)cc2N)n(C)n1. The molecule has 2 aromatic heterocycles. The molecule has 0 fully saturated rings. The normalized spacial score (nSPS) is 9.94. The van der Waals surface area contributed by atoms with E-state index in [1.54, 1.807) is 17.8 Å². The van der Waals surface area contributed by atoms with Crippen LogP contribution >= 0.6 is 0 Å². The second kappa shape index (κ2) is 4.14. The first-order valence-corrected chi connectivity index (χ1v) is 4.94. The maximum absolute atomic E-state index is 8.69. The minimum absolute atomic E-state index is 0.270. The summed E-state index contributed by atoms with van der Waals surface area (Å²) in [7, 11) is 1.77. The third-order valence-electron chi connectivity index (χ3n) is 2.17. The number of hydrogen-bond acceptors (Lipinski definition) is 5. The molecule has 0 bridgehead atoms. The van der Waals surface area contributed by atoms with Gasteiger partial charge in [-0.1, -0.05) is 0 Å². The van der Waals surface area contributed by atoms with Gasteiger partial charge in [-0.3, -0.25) is 0 Å². The van der Waals surface area contributed by atoms with Gasteiger partial charge in [0.25, 0.3) is 0 Å². The van der Waals surface area contributed by atoms with Crippen LogP contribution in [0.5, 0.6) is 11.8 Å². The van der Waals surface area contributed by atoms with E-state index in [1.165, 1.54) is 12.3 Å². The minimum atomic E-state index is 0.270. The van der Waals surface area contributed by atoms with Crippen molar-refractivity contribution in [1.29, 1.82) is 5.26 Å². The van der Waals surface area contributed by atoms with Gasteiger partial charge < -0.3 is 10.5 Å². The smallest absolute Gasteiger partial charge is 0.244 e. The zero-order valence-corrected chi connectivity index (χ0v) is 9.51. The molecule has 2 aromatic rings. The van der Waals surface area contributed by atoms with E-state index in [2.05, 4.69) is 10.1 Å². The highest BCUT2D eigenvalue weighted by Gasteiger charge is 2.09. The van der Waals surface area contributed by atoms with Gasteiger partial charge in [0.2, 0.25) is 11.8 Å². The summed E-state index contributed by atoms with van der Waals surface area (Å²) in [4.78, 5) is 3.98. The first-order valence-electron chi connectivity index (χ1n) is 4.94. The van der Waals surface area contributed by atoms with E-state index in [-0.39, 0.29) is 5.88 Å². The lowest BCUT2D eigenvalue weighted by Gasteiger charge is -2.06. The van der Waals surface area contributed by atoms with Crippen molar-refractivity contribution >= 4 is 5.69 Å². The predicted octanol–water partition coefficient (Wildman–Crippen LogP) is 1.37. The number of nitriles is 1. The molecule has 0 radical (unpaired) electrons. The van der Waals surface area contributed by atoms with Crippen LogP contribution in [0.2, 0.25) is 0 Å². The zero-order chi connectivity index (χ0) is 12.4. The maximum atomic E-state index is 8.69. The molecule has 2 N–H and O–H groups in total. The number of hydrogen-bond donors (Lipinski definition) is 1. The van der Waals surface area contributed by atoms with Crippen molar-refractivity contribution in [2.45, 2.75) is 6.92 Å². The Labute approximate surface area is 98.3 Å². The first kappa shape index (κ1) is 11.0. The van der Waals surface area contributed by atoms with E-state index in [0.29, 0.717) is 17.1 Å². The lowest BCUT2D eigenvalue weighted by molar-refractivity contribution is 0.417. The molecule has 2 rings (SSSR count). The fourth-order valence-corrected chi connectivity index (χ4v) is 1.40. The summed E-state index contributed by atoms with van der Waals surface area (Å²) >= 11 is 0. The number of ether oxygens (including phenoxy) is 1. The zero-order valence-electron chi connectivity index (χ0n) is 9.51. The molecule has 0 saturated heterocycles. The monoisotopic (exact) mass is 229 g/mol. The van der Waals surface area contributed by atoms with E-state index in [9.17, 15) is 0 Å². The van der Waals surface area contributed by atoms with Crippen LogP contribution < -0.4 is 10.5 Å². The van der Waals surface area contributed by atoms with Gasteiger partial charge >= 0.3 is 0 Å². The number of nitrogens with zero attached hydrogens (tertiary/aromatic N) is 4. The van der Waals surface area contributed by atoms with E-state index in [0.717, 1.165) is 5.69 Å². The number of nitrogen functional groups attached to an aromatic ring is 1. The number of aryl methyl sites for hydroxylation is 2. The predicted molar refractivity (Wildman–Crippen MR) is 61.4 cm³/mol. The van der Waals surface area contributed by atoms with Crippen molar-refractivity contribution in [3.8, 4) is 17.8 Å². The van der Waals surface area contributed by atoms with Crippen LogP contribution in [0.25, 0.3) is 0 Å². The molecule has 0 saturated carbocycles. The Hall–Kier alpha value is -2.55. The van der Waals surface area contributed by atoms with Crippen LogP contribution in [0, 0.1) is 18.3 Å². The molecule has 6 nitrogen and oxygen atoms in total. The van der Waals surface area contributed by atoms with Crippen LogP contribution in [0.1, 0.15) is 11.3 Å². The highest BCUT2D eigenvalue weighted by molar-refractivity contribution is 5.52. The highest BCUT2D eigenvalue weighted by Crippen LogP contribution is 2.25. The topological polar surface area (TPSA) is 89.7 Å². The first-order chi connectivity index (χ1) is 8.10. The molecule has 6 heteroatoms. The summed E-state index contributed by atoms with van der Waals surface area (Å²) < 4.78 is 7.11. The highest BCUT2D eigenvalue weighted by atomic mass is 16.5. The summed E-state index contributed by atoms with van der Waals surface area (Å²) in [6, 6.07) is 5.26. The molecule has 0 aliphatic carbocycles. The molecule has 86 valence electrons. The second-order valence-electron chi connectivity index (χ2n) is 3.58. The second-order valence-corrected chi connectivity index (χ2v) is 3.58. The van der Waals surface area contributed by atoms with Crippen molar-refractivity contribution in [2.24, 2.45) is 7.05 Å². The molecule has 17 heavy (non-hydrogen) atoms. The standard InChI is InChI=1S/C11H11N5O/c1-7-3-10(16(2)15-7)17-11-9(13)4-8(5-12)6-14-11/h3-4,6H,13H2,1-2H3. The Bertz CT molecular complexity index is 596. The maximum Gasteiger partial charge on any atom is 0.244 e. The average molecular weight is 229 g/mol. The Morgan fingerprint density at radius 3 is 2.76 bits per heavy atom. The molecular weight excluding hydrogens is 218 g/mol. The summed E-state index contributed by atoms with van der Waals surface area (Å²) in [6.45, 7) is 1.86. The van der Waals surface area contributed by atoms with Crippen LogP contribution in [-0.4, -0.2) is 14.8 Å². The van der Waals surface area contributed by atoms with Crippen molar-refractivity contribution in [1.82, 2.24) is 14.8 Å². The Balaban J connectivity index is 2.31. The third-order valence-corrected chi connectivity index (χ3v) is 2.17. The van der Waals surface area contributed by atoms with E-state index < -0.39 is 0 Å². The van der Waals surface area contributed by atoms with Gasteiger partial charge in [0.05, 0.1) is 16.9 Å². The van der Waals surface area contributed by atoms with Gasteiger partial charge in [0, 0.05) is 19.3 Å². The van der Waals surface area contributed by atoms with Crippen molar-refractivity contribution in [3.05, 3.63) is 29.6 Å². The van der Waals surface area contributed by atoms with Gasteiger partial charge in [0.1, 0.15) is 6.07 Å². The summed E-state index contributed by atoms with van der Waals surface area (Å²) in [5.41, 5.74) is 7.30. The van der Waals surface area contributed by atoms with E-state index in [1.807, 2.05) is 13.0 Å². The average Bonchev–Trinajstić information content (AvgIpc) is 2.60. The van der Waals surface area contributed by atoms with E-state index in [4.69, 9.17) is 15.7 Å². The van der Waals surface area contributed by atoms with Gasteiger partial charge in [-0.2, -0.15) is 10.4 Å². The molecule has 0 unspecified atom stereocenters. The van der Waals surface area contributed by atoms with Gasteiger partial charge in [-0.25, -0.2) is 9.67 Å². The van der Waals surface area contributed by atoms with Gasteiger partial charge in [0.15, 0.2) is 0 Å². The Morgan fingerprint density at radius 1 is 1.47 bits per heavy atom. The quantitative estimate of drug-likeness (QED) is 0.839. The van der Waals surface area contributed by atoms with Crippen molar-refractivity contribution < 1.29 is 4.74 Å². The molecular formula is C11H11N5O. The van der Waals surface area contributed by atoms with Crippen molar-refractivity contribution in [3.63, 3.8) is 0 Å². The molecule has 0 amide bonds. The third kappa shape index (κ3) is 2.18. The minimum Gasteiger partial charge on any atom is -0.419 e. The van der Waals surface area contributed by atoms with Crippen LogP contribution in [0.3, 0.4) is 0 Å². The fraction of sp³-hybridized carbons (Fsp3) is 0.182. The van der Waals surface area contributed by atoms with Crippen LogP contribution in [-0.2, 0) is 7.05 Å². The number of pyridine rings is 1. The summed E-state index contributed by atoms with van der Waals surface area (Å²) in [6.07, 6.45) is 1.41. The Kier molecular flexibility index (Phi) is 2.66. The molecule has 0 aliphatic rings. The van der Waals surface area contributed by atoms with Gasteiger partial charge in [-0.05, 0) is 13.0 Å². The molecule has 0 aliphatic heterocycles. The number of nitrogens with two attached hydrogens (primary N) is 1. The molecule has 0 aromatic carbocycles. The number of rotatable bonds is 2. The summed E-state index contributed by atoms with van der Waals surface area (Å²) in [5, 5.41) is 12.8. The fourth-order valence-electron chi connectivity index (χ4n) is 1.40. The summed E-state index contributed by atoms with van der Waals surface area (Å²) in [5.74, 6) is 0.818. The van der Waals surface area contributed by atoms with E-state index >= 15 is 0 Å². The lowest BCUT2D eigenvalue weighted by atomic mass is 10.3. The van der Waals surface area contributed by atoms with Crippen molar-refractivity contribution in [2.75, 3.05) is 5.73 Å². The van der Waals surface area contributed by atoms with Crippen LogP contribution in [0.4, 0.5) is 5.69 Å². The molecule has 2 heterocycles. The van der Waals surface area contributed by atoms with Crippen LogP contribution in [0.15, 0.2) is 18.3 Å². The Morgan fingerprint density at radius 2 is 2.24 bits per heavy atom. The number of aromatic nitrogens is 3. The molecule has 0 spiro atoms. The molecule has 0 atom stereocenters. The largest absolute Gasteiger partial charge is 0.419 e. The van der Waals surface area contributed by atoms with Gasteiger partial charge in [-0.15, -0.1) is 0 Å². The lowest BCUT2D eigenvalue weighted by Crippen LogP contribution is -1.99.